The minimum absolute atomic E-state index is 0.0602. The van der Waals surface area contributed by atoms with Crippen LogP contribution in [0.3, 0.4) is 0 Å². The van der Waals surface area contributed by atoms with Crippen LogP contribution in [0, 0.1) is 11.8 Å². The summed E-state index contributed by atoms with van der Waals surface area (Å²) in [6.07, 6.45) is 7.04. The van der Waals surface area contributed by atoms with Gasteiger partial charge in [-0.15, -0.1) is 0 Å². The molecular weight excluding hydrogens is 512 g/mol. The van der Waals surface area contributed by atoms with Crippen molar-refractivity contribution in [2.75, 3.05) is 24.6 Å². The molecule has 1 saturated carbocycles. The number of alkyl halides is 2. The number of carboxylic acids is 1. The summed E-state index contributed by atoms with van der Waals surface area (Å²) < 4.78 is 36.4. The van der Waals surface area contributed by atoms with Crippen molar-refractivity contribution in [1.82, 2.24) is 0 Å². The zero-order valence-corrected chi connectivity index (χ0v) is 22.3. The lowest BCUT2D eigenvalue weighted by molar-refractivity contribution is -0.0361. The maximum atomic E-state index is 15.0. The minimum atomic E-state index is -2.99. The van der Waals surface area contributed by atoms with E-state index >= 15 is 8.78 Å². The summed E-state index contributed by atoms with van der Waals surface area (Å²) in [5, 5.41) is 20.7. The molecule has 4 atom stereocenters. The minimum Gasteiger partial charge on any atom is -0.490 e. The smallest absolute Gasteiger partial charge is 0.335 e. The number of aromatic carboxylic acids is 1. The van der Waals surface area contributed by atoms with Gasteiger partial charge in [-0.25, -0.2) is 13.6 Å². The largest absolute Gasteiger partial charge is 0.490 e. The first-order valence-corrected chi connectivity index (χ1v) is 13.8. The lowest BCUT2D eigenvalue weighted by atomic mass is 9.67. The van der Waals surface area contributed by atoms with Crippen LogP contribution in [0.25, 0.3) is 0 Å². The number of halogens is 3. The van der Waals surface area contributed by atoms with E-state index in [0.717, 1.165) is 25.7 Å². The van der Waals surface area contributed by atoms with Crippen molar-refractivity contribution in [3.05, 3.63) is 70.3 Å². The van der Waals surface area contributed by atoms with Gasteiger partial charge in [0, 0.05) is 35.5 Å². The number of ether oxygens (including phenoxy) is 1. The number of carboxylic acid groups (broad SMARTS) is 1. The molecule has 0 amide bonds. The predicted molar refractivity (Wildman–Crippen MR) is 144 cm³/mol. The van der Waals surface area contributed by atoms with Crippen LogP contribution in [0.15, 0.2) is 48.6 Å². The second kappa shape index (κ2) is 10.5. The fraction of sp³-hybridized carbons (Fsp3) is 0.500. The van der Waals surface area contributed by atoms with Crippen LogP contribution in [0.5, 0.6) is 5.75 Å². The van der Waals surface area contributed by atoms with E-state index in [2.05, 4.69) is 11.8 Å². The van der Waals surface area contributed by atoms with Gasteiger partial charge in [0.05, 0.1) is 24.0 Å². The van der Waals surface area contributed by atoms with E-state index in [1.165, 1.54) is 12.1 Å². The van der Waals surface area contributed by atoms with Crippen LogP contribution in [-0.4, -0.2) is 42.0 Å². The number of hydrogen-bond donors (Lipinski definition) is 2. The summed E-state index contributed by atoms with van der Waals surface area (Å²) in [4.78, 5) is 13.9. The molecular formula is C30H34ClF2NO4. The van der Waals surface area contributed by atoms with E-state index in [-0.39, 0.29) is 47.4 Å². The number of aliphatic hydroxyl groups excluding tert-OH is 1. The Hall–Kier alpha value is -2.64. The average molecular weight is 546 g/mol. The first-order valence-electron chi connectivity index (χ1n) is 13.4. The van der Waals surface area contributed by atoms with E-state index in [4.69, 9.17) is 16.3 Å². The van der Waals surface area contributed by atoms with Gasteiger partial charge in [-0.3, -0.25) is 0 Å². The van der Waals surface area contributed by atoms with Gasteiger partial charge < -0.3 is 19.8 Å². The SMILES string of the molecule is CCC/C=C/[C@H](O)[C@@H]1CC[C@H]1CN1C[C@@]2(CCC(F)(F)c3cc(Cl)ccc32)COc2ccc(C(=O)O)cc21. The molecule has 0 radical (unpaired) electrons. The second-order valence-corrected chi connectivity index (χ2v) is 11.5. The Morgan fingerprint density at radius 2 is 2.03 bits per heavy atom. The van der Waals surface area contributed by atoms with Gasteiger partial charge in [0.15, 0.2) is 0 Å². The van der Waals surface area contributed by atoms with E-state index < -0.39 is 23.4 Å². The number of anilines is 1. The number of carbonyl (C=O) groups is 1. The number of allylic oxidation sites excluding steroid dienone is 1. The summed E-state index contributed by atoms with van der Waals surface area (Å²) in [7, 11) is 0. The highest BCUT2D eigenvalue weighted by atomic mass is 35.5. The van der Waals surface area contributed by atoms with Crippen molar-refractivity contribution >= 4 is 23.3 Å². The molecule has 0 aromatic heterocycles. The van der Waals surface area contributed by atoms with Crippen LogP contribution in [0.1, 0.15) is 66.9 Å². The Bertz CT molecular complexity index is 1230. The fourth-order valence-corrected chi connectivity index (χ4v) is 6.43. The molecule has 1 aliphatic heterocycles. The maximum absolute atomic E-state index is 15.0. The number of aliphatic hydroxyl groups is 1. The van der Waals surface area contributed by atoms with E-state index in [9.17, 15) is 15.0 Å². The van der Waals surface area contributed by atoms with Crippen LogP contribution in [-0.2, 0) is 11.3 Å². The zero-order valence-electron chi connectivity index (χ0n) is 21.5. The molecule has 204 valence electrons. The number of hydrogen-bond acceptors (Lipinski definition) is 4. The van der Waals surface area contributed by atoms with Crippen molar-refractivity contribution < 1.29 is 28.5 Å². The molecule has 2 N–H and O–H groups in total. The summed E-state index contributed by atoms with van der Waals surface area (Å²) in [6, 6.07) is 9.49. The van der Waals surface area contributed by atoms with Crippen LogP contribution < -0.4 is 9.64 Å². The third kappa shape index (κ3) is 5.03. The van der Waals surface area contributed by atoms with Gasteiger partial charge in [0.1, 0.15) is 5.75 Å². The lowest BCUT2D eigenvalue weighted by Crippen LogP contribution is -2.50. The molecule has 5 rings (SSSR count). The molecule has 8 heteroatoms. The molecule has 1 heterocycles. The van der Waals surface area contributed by atoms with Gasteiger partial charge in [-0.1, -0.05) is 43.2 Å². The highest BCUT2D eigenvalue weighted by molar-refractivity contribution is 6.30. The second-order valence-electron chi connectivity index (χ2n) is 11.0. The average Bonchev–Trinajstić information content (AvgIpc) is 3.02. The summed E-state index contributed by atoms with van der Waals surface area (Å²) in [5.74, 6) is -3.21. The Morgan fingerprint density at radius 1 is 1.21 bits per heavy atom. The van der Waals surface area contributed by atoms with E-state index in [1.54, 1.807) is 24.3 Å². The molecule has 1 fully saturated rings. The molecule has 0 unspecified atom stereocenters. The van der Waals surface area contributed by atoms with E-state index in [1.807, 2.05) is 12.2 Å². The molecule has 2 aromatic rings. The molecule has 38 heavy (non-hydrogen) atoms. The van der Waals surface area contributed by atoms with Gasteiger partial charge in [0.2, 0.25) is 0 Å². The Morgan fingerprint density at radius 3 is 2.74 bits per heavy atom. The number of rotatable bonds is 7. The van der Waals surface area contributed by atoms with Crippen molar-refractivity contribution in [2.24, 2.45) is 11.8 Å². The quantitative estimate of drug-likeness (QED) is 0.374. The molecule has 0 saturated heterocycles. The fourth-order valence-electron chi connectivity index (χ4n) is 6.26. The van der Waals surface area contributed by atoms with Crippen molar-refractivity contribution in [2.45, 2.75) is 62.9 Å². The van der Waals surface area contributed by atoms with E-state index in [0.29, 0.717) is 30.1 Å². The highest BCUT2D eigenvalue weighted by Gasteiger charge is 2.51. The molecule has 2 aliphatic carbocycles. The van der Waals surface area contributed by atoms with Gasteiger partial charge in [0.25, 0.3) is 5.92 Å². The summed E-state index contributed by atoms with van der Waals surface area (Å²) in [6.45, 7) is 3.27. The van der Waals surface area contributed by atoms with Crippen molar-refractivity contribution in [3.63, 3.8) is 0 Å². The molecule has 0 bridgehead atoms. The highest BCUT2D eigenvalue weighted by Crippen LogP contribution is 2.52. The van der Waals surface area contributed by atoms with Crippen molar-refractivity contribution in [3.8, 4) is 5.75 Å². The predicted octanol–water partition coefficient (Wildman–Crippen LogP) is 6.80. The summed E-state index contributed by atoms with van der Waals surface area (Å²) >= 11 is 6.14. The number of fused-ring (bicyclic) bond motifs is 3. The topological polar surface area (TPSA) is 70.0 Å². The Balaban J connectivity index is 1.51. The molecule has 3 aliphatic rings. The first kappa shape index (κ1) is 26.9. The maximum Gasteiger partial charge on any atom is 0.335 e. The van der Waals surface area contributed by atoms with Crippen LogP contribution in [0.4, 0.5) is 14.5 Å². The molecule has 5 nitrogen and oxygen atoms in total. The molecule has 1 spiro atoms. The van der Waals surface area contributed by atoms with Gasteiger partial charge >= 0.3 is 5.97 Å². The number of nitrogens with zero attached hydrogens (tertiary/aromatic N) is 1. The van der Waals surface area contributed by atoms with Crippen LogP contribution >= 0.6 is 11.6 Å². The Kier molecular flexibility index (Phi) is 7.44. The number of unbranched alkanes of at least 4 members (excludes halogenated alkanes) is 1. The van der Waals surface area contributed by atoms with Crippen LogP contribution in [0.2, 0.25) is 5.02 Å². The number of benzene rings is 2. The van der Waals surface area contributed by atoms with Gasteiger partial charge in [-0.2, -0.15) is 0 Å². The normalized spacial score (nSPS) is 26.7. The lowest BCUT2D eigenvalue weighted by Gasteiger charge is -2.46. The molecule has 2 aromatic carbocycles. The first-order chi connectivity index (χ1) is 18.1. The standard InChI is InChI=1S/C30H34ClF2NO4/c1-2-3-4-5-26(35)22-9-6-20(22)16-34-17-29(18-38-27-11-7-19(28(36)37)14-25(27)34)12-13-30(32,33)24-15-21(31)8-10-23(24)29/h4-5,7-8,10-11,14-15,20,22,26,35H,2-3,6,9,12-13,16-18H2,1H3,(H,36,37)/b5-4+/t20-,22+,26-,29-/m0/s1. The monoisotopic (exact) mass is 545 g/mol. The third-order valence-electron chi connectivity index (χ3n) is 8.57. The zero-order chi connectivity index (χ0) is 27.1. The van der Waals surface area contributed by atoms with Gasteiger partial charge in [-0.05, 0) is 73.4 Å². The summed E-state index contributed by atoms with van der Waals surface area (Å²) in [5.41, 5.74) is 0.542. The third-order valence-corrected chi connectivity index (χ3v) is 8.80. The van der Waals surface area contributed by atoms with Crippen molar-refractivity contribution in [1.29, 1.82) is 0 Å². The Labute approximate surface area is 227 Å².